The number of nitrogens with zero attached hydrogens (tertiary/aromatic N) is 1. The molecular formula is C30H29F2NO. The maximum absolute atomic E-state index is 13.5. The Balaban J connectivity index is 1.19. The SMILES string of the molecule is Fc1ccc(C(c2ccc(F)cc2)C2CCN(CCOc3ccc4ccccc4c3)CC2)cc1. The summed E-state index contributed by atoms with van der Waals surface area (Å²) in [4.78, 5) is 2.45. The van der Waals surface area contributed by atoms with Crippen LogP contribution in [0.4, 0.5) is 8.78 Å². The molecule has 1 heterocycles. The van der Waals surface area contributed by atoms with Crippen molar-refractivity contribution in [1.82, 2.24) is 4.90 Å². The molecule has 1 fully saturated rings. The molecular weight excluding hydrogens is 428 g/mol. The molecule has 174 valence electrons. The van der Waals surface area contributed by atoms with Gasteiger partial charge in [-0.2, -0.15) is 0 Å². The molecule has 5 rings (SSSR count). The van der Waals surface area contributed by atoms with Crippen molar-refractivity contribution in [3.63, 3.8) is 0 Å². The number of piperidine rings is 1. The minimum atomic E-state index is -0.233. The number of fused-ring (bicyclic) bond motifs is 1. The first-order valence-electron chi connectivity index (χ1n) is 12.0. The van der Waals surface area contributed by atoms with Gasteiger partial charge in [-0.1, -0.05) is 54.6 Å². The first kappa shape index (κ1) is 22.5. The summed E-state index contributed by atoms with van der Waals surface area (Å²) < 4.78 is 33.1. The average Bonchev–Trinajstić information content (AvgIpc) is 2.87. The van der Waals surface area contributed by atoms with Gasteiger partial charge in [0, 0.05) is 12.5 Å². The summed E-state index contributed by atoms with van der Waals surface area (Å²) in [5.41, 5.74) is 2.18. The molecule has 1 saturated heterocycles. The molecule has 1 aliphatic heterocycles. The van der Waals surface area contributed by atoms with Crippen molar-refractivity contribution in [3.05, 3.63) is 114 Å². The summed E-state index contributed by atoms with van der Waals surface area (Å²) in [7, 11) is 0. The van der Waals surface area contributed by atoms with Crippen molar-refractivity contribution in [1.29, 1.82) is 0 Å². The second-order valence-electron chi connectivity index (χ2n) is 9.12. The molecule has 4 aromatic rings. The van der Waals surface area contributed by atoms with E-state index in [9.17, 15) is 8.78 Å². The van der Waals surface area contributed by atoms with Gasteiger partial charge in [0.1, 0.15) is 24.0 Å². The minimum absolute atomic E-state index is 0.136. The number of hydrogen-bond acceptors (Lipinski definition) is 2. The molecule has 0 radical (unpaired) electrons. The Morgan fingerprint density at radius 1 is 0.735 bits per heavy atom. The lowest BCUT2D eigenvalue weighted by Crippen LogP contribution is -2.38. The Hall–Kier alpha value is -3.24. The lowest BCUT2D eigenvalue weighted by Gasteiger charge is -2.36. The van der Waals surface area contributed by atoms with Crippen LogP contribution in [0.15, 0.2) is 91.0 Å². The predicted molar refractivity (Wildman–Crippen MR) is 133 cm³/mol. The van der Waals surface area contributed by atoms with E-state index in [4.69, 9.17) is 4.74 Å². The summed E-state index contributed by atoms with van der Waals surface area (Å²) >= 11 is 0. The van der Waals surface area contributed by atoms with Crippen molar-refractivity contribution in [2.24, 2.45) is 5.92 Å². The highest BCUT2D eigenvalue weighted by atomic mass is 19.1. The van der Waals surface area contributed by atoms with Gasteiger partial charge in [0.25, 0.3) is 0 Å². The highest BCUT2D eigenvalue weighted by molar-refractivity contribution is 5.83. The van der Waals surface area contributed by atoms with Crippen LogP contribution in [0.1, 0.15) is 29.9 Å². The number of halogens is 2. The summed E-state index contributed by atoms with van der Waals surface area (Å²) in [5.74, 6) is 0.998. The van der Waals surface area contributed by atoms with E-state index in [1.54, 1.807) is 0 Å². The molecule has 0 N–H and O–H groups in total. The topological polar surface area (TPSA) is 12.5 Å². The molecule has 0 aromatic heterocycles. The van der Waals surface area contributed by atoms with Crippen molar-refractivity contribution in [3.8, 4) is 5.75 Å². The van der Waals surface area contributed by atoms with Crippen LogP contribution in [-0.2, 0) is 0 Å². The van der Waals surface area contributed by atoms with Gasteiger partial charge in [0.15, 0.2) is 0 Å². The van der Waals surface area contributed by atoms with Crippen LogP contribution >= 0.6 is 0 Å². The van der Waals surface area contributed by atoms with Gasteiger partial charge in [-0.25, -0.2) is 8.78 Å². The van der Waals surface area contributed by atoms with E-state index in [0.29, 0.717) is 12.5 Å². The zero-order valence-electron chi connectivity index (χ0n) is 19.2. The second kappa shape index (κ2) is 10.4. The normalized spacial score (nSPS) is 15.1. The van der Waals surface area contributed by atoms with Gasteiger partial charge in [-0.05, 0) is 90.1 Å². The smallest absolute Gasteiger partial charge is 0.123 e. The fraction of sp³-hybridized carbons (Fsp3) is 0.267. The lowest BCUT2D eigenvalue weighted by molar-refractivity contribution is 0.149. The average molecular weight is 458 g/mol. The molecule has 0 amide bonds. The van der Waals surface area contributed by atoms with Crippen LogP contribution < -0.4 is 4.74 Å². The third kappa shape index (κ3) is 5.28. The van der Waals surface area contributed by atoms with Gasteiger partial charge in [-0.3, -0.25) is 4.90 Å². The Labute approximate surface area is 199 Å². The van der Waals surface area contributed by atoms with Gasteiger partial charge < -0.3 is 4.74 Å². The number of hydrogen-bond donors (Lipinski definition) is 0. The second-order valence-corrected chi connectivity index (χ2v) is 9.12. The van der Waals surface area contributed by atoms with E-state index >= 15 is 0 Å². The van der Waals surface area contributed by atoms with Crippen molar-refractivity contribution >= 4 is 10.8 Å². The van der Waals surface area contributed by atoms with E-state index < -0.39 is 0 Å². The van der Waals surface area contributed by atoms with Gasteiger partial charge >= 0.3 is 0 Å². The fourth-order valence-electron chi connectivity index (χ4n) is 5.14. The van der Waals surface area contributed by atoms with Crippen LogP contribution in [0.5, 0.6) is 5.75 Å². The summed E-state index contributed by atoms with van der Waals surface area (Å²) in [6.45, 7) is 3.52. The third-order valence-corrected chi connectivity index (χ3v) is 6.96. The van der Waals surface area contributed by atoms with Crippen LogP contribution in [0.2, 0.25) is 0 Å². The van der Waals surface area contributed by atoms with Gasteiger partial charge in [0.05, 0.1) is 0 Å². The molecule has 0 saturated carbocycles. The number of likely N-dealkylation sites (tertiary alicyclic amines) is 1. The molecule has 0 aliphatic carbocycles. The standard InChI is InChI=1S/C30H29F2NO/c31-27-10-5-23(6-11-27)30(24-7-12-28(32)13-8-24)25-15-17-33(18-16-25)19-20-34-29-14-9-22-3-1-2-4-26(22)21-29/h1-14,21,25,30H,15-20H2. The molecule has 2 nitrogen and oxygen atoms in total. The minimum Gasteiger partial charge on any atom is -0.492 e. The first-order chi connectivity index (χ1) is 16.7. The molecule has 34 heavy (non-hydrogen) atoms. The molecule has 4 heteroatoms. The van der Waals surface area contributed by atoms with Gasteiger partial charge in [0.2, 0.25) is 0 Å². The largest absolute Gasteiger partial charge is 0.492 e. The van der Waals surface area contributed by atoms with Gasteiger partial charge in [-0.15, -0.1) is 0 Å². The number of benzene rings is 4. The van der Waals surface area contributed by atoms with Crippen LogP contribution in [0, 0.1) is 17.6 Å². The Bertz CT molecular complexity index is 1170. The Morgan fingerprint density at radius 2 is 1.32 bits per heavy atom. The Kier molecular flexibility index (Phi) is 6.87. The number of rotatable bonds is 7. The third-order valence-electron chi connectivity index (χ3n) is 6.96. The highest BCUT2D eigenvalue weighted by Crippen LogP contribution is 2.38. The maximum atomic E-state index is 13.5. The molecule has 1 aliphatic rings. The molecule has 0 unspecified atom stereocenters. The Morgan fingerprint density at radius 3 is 1.94 bits per heavy atom. The quantitative estimate of drug-likeness (QED) is 0.295. The predicted octanol–water partition coefficient (Wildman–Crippen LogP) is 7.04. The zero-order chi connectivity index (χ0) is 23.3. The lowest BCUT2D eigenvalue weighted by atomic mass is 9.76. The van der Waals surface area contributed by atoms with E-state index in [1.807, 2.05) is 42.5 Å². The zero-order valence-corrected chi connectivity index (χ0v) is 19.2. The molecule has 0 bridgehead atoms. The summed E-state index contributed by atoms with van der Waals surface area (Å²) in [6, 6.07) is 28.1. The van der Waals surface area contributed by atoms with Crippen molar-refractivity contribution < 1.29 is 13.5 Å². The maximum Gasteiger partial charge on any atom is 0.123 e. The van der Waals surface area contributed by atoms with E-state index in [0.717, 1.165) is 49.4 Å². The fourth-order valence-corrected chi connectivity index (χ4v) is 5.14. The molecule has 4 aromatic carbocycles. The van der Waals surface area contributed by atoms with E-state index in [2.05, 4.69) is 29.2 Å². The van der Waals surface area contributed by atoms with Crippen LogP contribution in [0.25, 0.3) is 10.8 Å². The number of ether oxygens (including phenoxy) is 1. The van der Waals surface area contributed by atoms with Crippen molar-refractivity contribution in [2.45, 2.75) is 18.8 Å². The molecule has 0 spiro atoms. The summed E-state index contributed by atoms with van der Waals surface area (Å²) in [5, 5.41) is 2.40. The van der Waals surface area contributed by atoms with Crippen LogP contribution in [0.3, 0.4) is 0 Å². The van der Waals surface area contributed by atoms with Crippen molar-refractivity contribution in [2.75, 3.05) is 26.2 Å². The first-order valence-corrected chi connectivity index (χ1v) is 12.0. The van der Waals surface area contributed by atoms with Crippen LogP contribution in [-0.4, -0.2) is 31.1 Å². The van der Waals surface area contributed by atoms with E-state index in [1.165, 1.54) is 35.0 Å². The van der Waals surface area contributed by atoms with E-state index in [-0.39, 0.29) is 17.6 Å². The highest BCUT2D eigenvalue weighted by Gasteiger charge is 2.29. The summed E-state index contributed by atoms with van der Waals surface area (Å²) in [6.07, 6.45) is 2.07. The monoisotopic (exact) mass is 457 g/mol. The molecule has 0 atom stereocenters.